The number of rotatable bonds is 3. The molecule has 0 saturated carbocycles. The number of para-hydroxylation sites is 1. The molecule has 2 aromatic carbocycles. The Bertz CT molecular complexity index is 915. The van der Waals surface area contributed by atoms with Crippen molar-refractivity contribution in [2.45, 2.75) is 19.0 Å². The van der Waals surface area contributed by atoms with E-state index in [4.69, 9.17) is 4.74 Å². The van der Waals surface area contributed by atoms with Crippen molar-refractivity contribution in [3.63, 3.8) is 0 Å². The standard InChI is InChI=1S/C21H23FN4O3/c22-16-5-1-2-6-18(16)25-21(28)24-17-7-3-4-14-12-26(10-8-15(14)17)20(27)19-13-29-11-9-23-19/h1-7,19,23H,8-13H2,(H2,24,25,28). The molecule has 3 N–H and O–H groups in total. The lowest BCUT2D eigenvalue weighted by molar-refractivity contribution is -0.137. The second-order valence-corrected chi connectivity index (χ2v) is 7.09. The van der Waals surface area contributed by atoms with Crippen LogP contribution >= 0.6 is 0 Å². The summed E-state index contributed by atoms with van der Waals surface area (Å²) in [6, 6.07) is 10.8. The minimum Gasteiger partial charge on any atom is -0.378 e. The summed E-state index contributed by atoms with van der Waals surface area (Å²) in [5.74, 6) is -0.460. The van der Waals surface area contributed by atoms with Gasteiger partial charge in [0.05, 0.1) is 18.9 Å². The highest BCUT2D eigenvalue weighted by Gasteiger charge is 2.29. The average Bonchev–Trinajstić information content (AvgIpc) is 2.75. The van der Waals surface area contributed by atoms with E-state index in [1.165, 1.54) is 12.1 Å². The van der Waals surface area contributed by atoms with Gasteiger partial charge in [0.2, 0.25) is 5.91 Å². The van der Waals surface area contributed by atoms with Crippen molar-refractivity contribution in [2.24, 2.45) is 0 Å². The lowest BCUT2D eigenvalue weighted by Gasteiger charge is -2.34. The molecule has 0 bridgehead atoms. The number of anilines is 2. The normalized spacial score (nSPS) is 18.7. The van der Waals surface area contributed by atoms with Gasteiger partial charge in [-0.2, -0.15) is 0 Å². The van der Waals surface area contributed by atoms with Crippen LogP contribution < -0.4 is 16.0 Å². The van der Waals surface area contributed by atoms with Crippen LogP contribution in [-0.4, -0.2) is 49.2 Å². The van der Waals surface area contributed by atoms with Crippen LogP contribution in [0.15, 0.2) is 42.5 Å². The monoisotopic (exact) mass is 398 g/mol. The highest BCUT2D eigenvalue weighted by atomic mass is 19.1. The summed E-state index contributed by atoms with van der Waals surface area (Å²) in [5, 5.41) is 8.52. The smallest absolute Gasteiger partial charge is 0.323 e. The van der Waals surface area contributed by atoms with Crippen LogP contribution in [0.5, 0.6) is 0 Å². The summed E-state index contributed by atoms with van der Waals surface area (Å²) < 4.78 is 19.1. The maximum atomic E-state index is 13.7. The quantitative estimate of drug-likeness (QED) is 0.741. The number of amides is 3. The molecule has 2 aliphatic rings. The molecule has 2 heterocycles. The van der Waals surface area contributed by atoms with Gasteiger partial charge < -0.3 is 25.6 Å². The largest absolute Gasteiger partial charge is 0.378 e. The highest BCUT2D eigenvalue weighted by Crippen LogP contribution is 2.27. The molecule has 4 rings (SSSR count). The molecular formula is C21H23FN4O3. The molecule has 8 heteroatoms. The number of halogens is 1. The number of hydrogen-bond acceptors (Lipinski definition) is 4. The summed E-state index contributed by atoms with van der Waals surface area (Å²) >= 11 is 0. The predicted molar refractivity (Wildman–Crippen MR) is 107 cm³/mol. The fourth-order valence-corrected chi connectivity index (χ4v) is 3.70. The lowest BCUT2D eigenvalue weighted by atomic mass is 9.97. The first-order valence-corrected chi connectivity index (χ1v) is 9.65. The Morgan fingerprint density at radius 3 is 2.69 bits per heavy atom. The van der Waals surface area contributed by atoms with E-state index in [0.717, 1.165) is 11.1 Å². The molecule has 1 unspecified atom stereocenters. The van der Waals surface area contributed by atoms with Crippen LogP contribution in [0, 0.1) is 5.82 Å². The maximum Gasteiger partial charge on any atom is 0.323 e. The Hall–Kier alpha value is -2.97. The number of urea groups is 1. The number of ether oxygens (including phenoxy) is 1. The summed E-state index contributed by atoms with van der Waals surface area (Å²) in [6.07, 6.45) is 0.630. The van der Waals surface area contributed by atoms with Crippen LogP contribution in [0.3, 0.4) is 0 Å². The molecule has 152 valence electrons. The van der Waals surface area contributed by atoms with Crippen LogP contribution in [0.2, 0.25) is 0 Å². The van der Waals surface area contributed by atoms with Gasteiger partial charge in [0, 0.05) is 25.3 Å². The molecule has 0 aromatic heterocycles. The Kier molecular flexibility index (Phi) is 5.73. The average molecular weight is 398 g/mol. The number of carbonyl (C=O) groups is 2. The van der Waals surface area contributed by atoms with Gasteiger partial charge in [-0.1, -0.05) is 24.3 Å². The molecule has 7 nitrogen and oxygen atoms in total. The predicted octanol–water partition coefficient (Wildman–Crippen LogP) is 2.34. The zero-order valence-corrected chi connectivity index (χ0v) is 15.9. The van der Waals surface area contributed by atoms with E-state index >= 15 is 0 Å². The number of nitrogens with zero attached hydrogens (tertiary/aromatic N) is 1. The molecule has 2 aliphatic heterocycles. The van der Waals surface area contributed by atoms with E-state index in [1.54, 1.807) is 12.1 Å². The second-order valence-electron chi connectivity index (χ2n) is 7.09. The van der Waals surface area contributed by atoms with E-state index in [0.29, 0.717) is 45.0 Å². The molecule has 0 aliphatic carbocycles. The molecule has 1 saturated heterocycles. The van der Waals surface area contributed by atoms with Gasteiger partial charge in [0.15, 0.2) is 0 Å². The van der Waals surface area contributed by atoms with Crippen LogP contribution in [0.25, 0.3) is 0 Å². The first kappa shape index (κ1) is 19.4. The van der Waals surface area contributed by atoms with Crippen molar-refractivity contribution in [3.8, 4) is 0 Å². The van der Waals surface area contributed by atoms with Crippen molar-refractivity contribution in [1.82, 2.24) is 10.2 Å². The highest BCUT2D eigenvalue weighted by molar-refractivity contribution is 6.00. The second kappa shape index (κ2) is 8.59. The zero-order valence-electron chi connectivity index (χ0n) is 15.9. The first-order chi connectivity index (χ1) is 14.1. The lowest BCUT2D eigenvalue weighted by Crippen LogP contribution is -2.53. The van der Waals surface area contributed by atoms with Crippen molar-refractivity contribution in [2.75, 3.05) is 36.9 Å². The Balaban J connectivity index is 1.43. The Labute approximate surface area is 168 Å². The fourth-order valence-electron chi connectivity index (χ4n) is 3.70. The molecule has 1 atom stereocenters. The minimum atomic E-state index is -0.509. The summed E-state index contributed by atoms with van der Waals surface area (Å²) in [4.78, 5) is 26.9. The molecule has 2 aromatic rings. The third-order valence-electron chi connectivity index (χ3n) is 5.17. The molecule has 3 amide bonds. The van der Waals surface area contributed by atoms with Crippen molar-refractivity contribution >= 4 is 23.3 Å². The minimum absolute atomic E-state index is 0.0333. The van der Waals surface area contributed by atoms with Gasteiger partial charge in [-0.25, -0.2) is 9.18 Å². The summed E-state index contributed by atoms with van der Waals surface area (Å²) in [7, 11) is 0. The number of carbonyl (C=O) groups excluding carboxylic acids is 2. The van der Waals surface area contributed by atoms with E-state index < -0.39 is 11.8 Å². The van der Waals surface area contributed by atoms with Gasteiger partial charge in [-0.05, 0) is 35.7 Å². The van der Waals surface area contributed by atoms with E-state index in [-0.39, 0.29) is 17.6 Å². The van der Waals surface area contributed by atoms with Gasteiger partial charge in [-0.3, -0.25) is 4.79 Å². The zero-order chi connectivity index (χ0) is 20.2. The molecule has 0 spiro atoms. The van der Waals surface area contributed by atoms with E-state index in [2.05, 4.69) is 16.0 Å². The van der Waals surface area contributed by atoms with Crippen LogP contribution in [0.1, 0.15) is 11.1 Å². The molecule has 29 heavy (non-hydrogen) atoms. The summed E-state index contributed by atoms with van der Waals surface area (Å²) in [5.41, 5.74) is 2.77. The number of nitrogens with one attached hydrogen (secondary N) is 3. The van der Waals surface area contributed by atoms with Crippen molar-refractivity contribution in [3.05, 3.63) is 59.4 Å². The van der Waals surface area contributed by atoms with E-state index in [1.807, 2.05) is 23.1 Å². The first-order valence-electron chi connectivity index (χ1n) is 9.65. The summed E-state index contributed by atoms with van der Waals surface area (Å²) in [6.45, 7) is 2.73. The topological polar surface area (TPSA) is 82.7 Å². The Morgan fingerprint density at radius 2 is 1.90 bits per heavy atom. The van der Waals surface area contributed by atoms with Crippen molar-refractivity contribution < 1.29 is 18.7 Å². The Morgan fingerprint density at radius 1 is 1.10 bits per heavy atom. The van der Waals surface area contributed by atoms with Gasteiger partial charge >= 0.3 is 6.03 Å². The van der Waals surface area contributed by atoms with Crippen molar-refractivity contribution in [1.29, 1.82) is 0 Å². The van der Waals surface area contributed by atoms with Gasteiger partial charge in [0.25, 0.3) is 0 Å². The number of hydrogen-bond donors (Lipinski definition) is 3. The number of morpholine rings is 1. The molecular weight excluding hydrogens is 375 g/mol. The van der Waals surface area contributed by atoms with Gasteiger partial charge in [-0.15, -0.1) is 0 Å². The van der Waals surface area contributed by atoms with Crippen LogP contribution in [0.4, 0.5) is 20.6 Å². The number of fused-ring (bicyclic) bond motifs is 1. The third kappa shape index (κ3) is 4.38. The van der Waals surface area contributed by atoms with Gasteiger partial charge in [0.1, 0.15) is 11.9 Å². The van der Waals surface area contributed by atoms with E-state index in [9.17, 15) is 14.0 Å². The fraction of sp³-hybridized carbons (Fsp3) is 0.333. The molecule has 0 radical (unpaired) electrons. The third-order valence-corrected chi connectivity index (χ3v) is 5.17. The maximum absolute atomic E-state index is 13.7. The molecule has 1 fully saturated rings. The number of benzene rings is 2. The van der Waals surface area contributed by atoms with Crippen LogP contribution in [-0.2, 0) is 22.5 Å². The SMILES string of the molecule is O=C(Nc1ccccc1F)Nc1cccc2c1CCN(C(=O)C1COCCN1)C2.